The van der Waals surface area contributed by atoms with E-state index in [-0.39, 0.29) is 24.2 Å². The van der Waals surface area contributed by atoms with Crippen LogP contribution in [-0.2, 0) is 36.8 Å². The van der Waals surface area contributed by atoms with Crippen LogP contribution in [0.2, 0.25) is 0 Å². The number of hydrogen-bond acceptors (Lipinski definition) is 6. The molecule has 1 aliphatic rings. The Morgan fingerprint density at radius 2 is 1.77 bits per heavy atom. The first-order valence-electron chi connectivity index (χ1n) is 13.4. The maximum Gasteiger partial charge on any atom is 0.308 e. The lowest BCUT2D eigenvalue weighted by Gasteiger charge is -2.40. The molecule has 1 N–H and O–H groups in total. The molecule has 39 heavy (non-hydrogen) atoms. The van der Waals surface area contributed by atoms with Crippen molar-refractivity contribution in [3.05, 3.63) is 57.6 Å². The van der Waals surface area contributed by atoms with Crippen molar-refractivity contribution in [2.75, 3.05) is 19.0 Å². The van der Waals surface area contributed by atoms with E-state index in [1.807, 2.05) is 59.7 Å². The van der Waals surface area contributed by atoms with E-state index < -0.39 is 17.4 Å². The molecule has 3 rings (SSSR count). The molecule has 2 aromatic rings. The van der Waals surface area contributed by atoms with Crippen LogP contribution in [0.25, 0.3) is 0 Å². The molecule has 0 radical (unpaired) electrons. The van der Waals surface area contributed by atoms with Gasteiger partial charge >= 0.3 is 11.9 Å². The third-order valence-corrected chi connectivity index (χ3v) is 7.79. The monoisotopic (exact) mass is 536 g/mol. The lowest BCUT2D eigenvalue weighted by Crippen LogP contribution is -2.49. The molecule has 210 valence electrons. The Bertz CT molecular complexity index is 1300. The van der Waals surface area contributed by atoms with E-state index in [2.05, 4.69) is 5.32 Å². The summed E-state index contributed by atoms with van der Waals surface area (Å²) >= 11 is 0. The molecule has 8 heteroatoms. The number of hydrogen-bond donors (Lipinski definition) is 1. The third kappa shape index (κ3) is 6.49. The van der Waals surface area contributed by atoms with Crippen LogP contribution in [-0.4, -0.2) is 42.3 Å². The standard InChI is InChI=1S/C31H40N2O6/c1-9-31(6,7)30(37)33-15-14-23-12-10-22(11-13-26(35)38-8)17-24(23)27(33)29(36)32-25-16-18(2)28(39-21(5)34)20(4)19(25)3/h10,12,16-17,27H,9,11,13-15H2,1-8H3,(H,32,36). The number of carbonyl (C=O) groups excluding carboxylic acids is 4. The average molecular weight is 537 g/mol. The summed E-state index contributed by atoms with van der Waals surface area (Å²) in [7, 11) is 1.36. The zero-order valence-electron chi connectivity index (χ0n) is 24.3. The molecule has 0 aliphatic carbocycles. The first-order chi connectivity index (χ1) is 18.3. The number of fused-ring (bicyclic) bond motifs is 1. The minimum atomic E-state index is -0.835. The number of benzene rings is 2. The summed E-state index contributed by atoms with van der Waals surface area (Å²) in [6, 6.07) is 6.85. The highest BCUT2D eigenvalue weighted by Gasteiger charge is 2.41. The fraction of sp³-hybridized carbons (Fsp3) is 0.484. The largest absolute Gasteiger partial charge is 0.469 e. The number of nitrogens with one attached hydrogen (secondary N) is 1. The molecule has 0 fully saturated rings. The number of rotatable bonds is 8. The summed E-state index contributed by atoms with van der Waals surface area (Å²) in [5.74, 6) is -0.625. The molecule has 1 unspecified atom stereocenters. The second-order valence-corrected chi connectivity index (χ2v) is 10.9. The topological polar surface area (TPSA) is 102 Å². The van der Waals surface area contributed by atoms with Crippen LogP contribution in [0.15, 0.2) is 24.3 Å². The molecular weight excluding hydrogens is 496 g/mol. The van der Waals surface area contributed by atoms with Gasteiger partial charge in [0.1, 0.15) is 11.8 Å². The first kappa shape index (κ1) is 29.9. The number of ether oxygens (including phenoxy) is 2. The van der Waals surface area contributed by atoms with Crippen LogP contribution in [0.1, 0.15) is 80.0 Å². The van der Waals surface area contributed by atoms with E-state index in [0.29, 0.717) is 37.2 Å². The highest BCUT2D eigenvalue weighted by molar-refractivity contribution is 6.00. The van der Waals surface area contributed by atoms with E-state index in [1.165, 1.54) is 14.0 Å². The molecule has 0 aromatic heterocycles. The van der Waals surface area contributed by atoms with Crippen LogP contribution in [0.4, 0.5) is 5.69 Å². The fourth-order valence-corrected chi connectivity index (χ4v) is 4.90. The Labute approximate surface area is 231 Å². The van der Waals surface area contributed by atoms with E-state index in [1.54, 1.807) is 11.0 Å². The Morgan fingerprint density at radius 1 is 1.08 bits per heavy atom. The highest BCUT2D eigenvalue weighted by atomic mass is 16.5. The van der Waals surface area contributed by atoms with Crippen molar-refractivity contribution < 1.29 is 28.7 Å². The zero-order chi connectivity index (χ0) is 29.1. The number of aryl methyl sites for hydroxylation is 2. The lowest BCUT2D eigenvalue weighted by molar-refractivity contribution is -0.147. The van der Waals surface area contributed by atoms with Gasteiger partial charge in [-0.3, -0.25) is 19.2 Å². The molecule has 1 aliphatic heterocycles. The number of amides is 2. The summed E-state index contributed by atoms with van der Waals surface area (Å²) in [4.78, 5) is 52.8. The number of esters is 2. The van der Waals surface area contributed by atoms with Gasteiger partial charge in [-0.2, -0.15) is 0 Å². The van der Waals surface area contributed by atoms with Crippen LogP contribution >= 0.6 is 0 Å². The van der Waals surface area contributed by atoms with Gasteiger partial charge in [-0.25, -0.2) is 0 Å². The molecular formula is C31H40N2O6. The van der Waals surface area contributed by atoms with Crippen LogP contribution in [0.3, 0.4) is 0 Å². The summed E-state index contributed by atoms with van der Waals surface area (Å²) in [5.41, 5.74) is 4.89. The van der Waals surface area contributed by atoms with Gasteiger partial charge in [0.2, 0.25) is 5.91 Å². The van der Waals surface area contributed by atoms with Crippen molar-refractivity contribution in [2.24, 2.45) is 5.41 Å². The van der Waals surface area contributed by atoms with Crippen molar-refractivity contribution in [3.63, 3.8) is 0 Å². The quantitative estimate of drug-likeness (QED) is 0.370. The maximum atomic E-state index is 14.1. The predicted octanol–water partition coefficient (Wildman–Crippen LogP) is 5.14. The summed E-state index contributed by atoms with van der Waals surface area (Å²) in [5, 5.41) is 3.07. The molecule has 2 amide bonds. The van der Waals surface area contributed by atoms with Gasteiger partial charge in [-0.15, -0.1) is 0 Å². The minimum Gasteiger partial charge on any atom is -0.469 e. The molecule has 8 nitrogen and oxygen atoms in total. The minimum absolute atomic E-state index is 0.0787. The van der Waals surface area contributed by atoms with Gasteiger partial charge < -0.3 is 19.7 Å². The molecule has 0 spiro atoms. The third-order valence-electron chi connectivity index (χ3n) is 7.79. The SMILES string of the molecule is CCC(C)(C)C(=O)N1CCc2ccc(CCC(=O)OC)cc2C1C(=O)Nc1cc(C)c(OC(C)=O)c(C)c1C. The Kier molecular flexibility index (Phi) is 9.20. The zero-order valence-corrected chi connectivity index (χ0v) is 24.3. The van der Waals surface area contributed by atoms with Gasteiger partial charge in [-0.1, -0.05) is 39.0 Å². The normalized spacial score (nSPS) is 14.9. The fourth-order valence-electron chi connectivity index (χ4n) is 4.90. The molecule has 0 saturated carbocycles. The van der Waals surface area contributed by atoms with E-state index >= 15 is 0 Å². The van der Waals surface area contributed by atoms with Crippen LogP contribution in [0.5, 0.6) is 5.75 Å². The van der Waals surface area contributed by atoms with Gasteiger partial charge in [-0.05, 0) is 79.5 Å². The first-order valence-corrected chi connectivity index (χ1v) is 13.4. The molecule has 2 aromatic carbocycles. The number of carbonyl (C=O) groups is 4. The molecule has 0 saturated heterocycles. The Balaban J connectivity index is 2.05. The second kappa shape index (κ2) is 12.0. The van der Waals surface area contributed by atoms with Crippen molar-refractivity contribution in [1.82, 2.24) is 4.90 Å². The van der Waals surface area contributed by atoms with Crippen molar-refractivity contribution in [1.29, 1.82) is 0 Å². The van der Waals surface area contributed by atoms with Crippen LogP contribution < -0.4 is 10.1 Å². The van der Waals surface area contributed by atoms with E-state index in [0.717, 1.165) is 33.4 Å². The van der Waals surface area contributed by atoms with Crippen LogP contribution in [0, 0.1) is 26.2 Å². The van der Waals surface area contributed by atoms with Crippen molar-refractivity contribution in [2.45, 2.75) is 80.2 Å². The summed E-state index contributed by atoms with van der Waals surface area (Å²) in [6.45, 7) is 13.1. The van der Waals surface area contributed by atoms with E-state index in [9.17, 15) is 19.2 Å². The van der Waals surface area contributed by atoms with Gasteiger partial charge in [0.05, 0.1) is 7.11 Å². The van der Waals surface area contributed by atoms with Gasteiger partial charge in [0, 0.05) is 31.0 Å². The lowest BCUT2D eigenvalue weighted by atomic mass is 9.84. The molecule has 1 atom stereocenters. The summed E-state index contributed by atoms with van der Waals surface area (Å²) in [6.07, 6.45) is 1.97. The number of methoxy groups -OCH3 is 1. The Hall–Kier alpha value is -3.68. The maximum absolute atomic E-state index is 14.1. The Morgan fingerprint density at radius 3 is 2.38 bits per heavy atom. The smallest absolute Gasteiger partial charge is 0.308 e. The number of nitrogens with zero attached hydrogens (tertiary/aromatic N) is 1. The number of anilines is 1. The van der Waals surface area contributed by atoms with Gasteiger partial charge in [0.25, 0.3) is 5.91 Å². The summed E-state index contributed by atoms with van der Waals surface area (Å²) < 4.78 is 10.2. The predicted molar refractivity (Wildman–Crippen MR) is 150 cm³/mol. The van der Waals surface area contributed by atoms with E-state index in [4.69, 9.17) is 9.47 Å². The van der Waals surface area contributed by atoms with Crippen molar-refractivity contribution >= 4 is 29.4 Å². The molecule has 1 heterocycles. The molecule has 0 bridgehead atoms. The van der Waals surface area contributed by atoms with Crippen molar-refractivity contribution in [3.8, 4) is 5.75 Å². The highest BCUT2D eigenvalue weighted by Crippen LogP contribution is 2.37. The van der Waals surface area contributed by atoms with Gasteiger partial charge in [0.15, 0.2) is 0 Å². The second-order valence-electron chi connectivity index (χ2n) is 10.9. The average Bonchev–Trinajstić information content (AvgIpc) is 2.90.